The van der Waals surface area contributed by atoms with Gasteiger partial charge in [-0.15, -0.1) is 0 Å². The second kappa shape index (κ2) is 13.4. The molecule has 2 rings (SSSR count). The Kier molecular flexibility index (Phi) is 10.6. The van der Waals surface area contributed by atoms with Crippen molar-refractivity contribution in [2.45, 2.75) is 6.18 Å². The van der Waals surface area contributed by atoms with Gasteiger partial charge in [-0.1, -0.05) is 18.2 Å². The fourth-order valence-corrected chi connectivity index (χ4v) is 2.57. The number of hydrogen-bond acceptors (Lipinski definition) is 7. The van der Waals surface area contributed by atoms with Crippen molar-refractivity contribution < 1.29 is 46.8 Å². The summed E-state index contributed by atoms with van der Waals surface area (Å²) in [5.41, 5.74) is -0.149. The fraction of sp³-hybridized carbons (Fsp3) is 0.364. The molecule has 8 nitrogen and oxygen atoms in total. The average Bonchev–Trinajstić information content (AvgIpc) is 2.77. The molecule has 0 amide bonds. The van der Waals surface area contributed by atoms with Crippen LogP contribution in [-0.4, -0.2) is 63.3 Å². The zero-order chi connectivity index (χ0) is 24.1. The van der Waals surface area contributed by atoms with Gasteiger partial charge in [-0.2, -0.15) is 13.2 Å². The molecule has 0 unspecified atom stereocenters. The minimum absolute atomic E-state index is 0.0293. The molecule has 0 bridgehead atoms. The SMILES string of the molecule is O=C(O)COCCOCCOCCOC(=O)c1ccccc1Nc1cccc(C(F)(F)F)c1. The second-order valence-corrected chi connectivity index (χ2v) is 6.56. The van der Waals surface area contributed by atoms with Crippen LogP contribution >= 0.6 is 0 Å². The summed E-state index contributed by atoms with van der Waals surface area (Å²) in [7, 11) is 0. The number of para-hydroxylation sites is 1. The molecule has 0 spiro atoms. The molecule has 0 atom stereocenters. The van der Waals surface area contributed by atoms with Crippen LogP contribution in [0.5, 0.6) is 0 Å². The molecule has 33 heavy (non-hydrogen) atoms. The van der Waals surface area contributed by atoms with E-state index in [0.717, 1.165) is 12.1 Å². The monoisotopic (exact) mass is 471 g/mol. The number of aliphatic carboxylic acids is 1. The van der Waals surface area contributed by atoms with E-state index in [1.165, 1.54) is 18.2 Å². The molecular weight excluding hydrogens is 447 g/mol. The van der Waals surface area contributed by atoms with Crippen molar-refractivity contribution in [2.24, 2.45) is 0 Å². The lowest BCUT2D eigenvalue weighted by molar-refractivity contribution is -0.142. The lowest BCUT2D eigenvalue weighted by Gasteiger charge is -2.13. The van der Waals surface area contributed by atoms with E-state index in [1.54, 1.807) is 18.2 Å². The first-order chi connectivity index (χ1) is 15.8. The summed E-state index contributed by atoms with van der Waals surface area (Å²) >= 11 is 0. The van der Waals surface area contributed by atoms with Gasteiger partial charge in [-0.3, -0.25) is 0 Å². The summed E-state index contributed by atoms with van der Waals surface area (Å²) in [5, 5.41) is 11.2. The molecule has 180 valence electrons. The topological polar surface area (TPSA) is 103 Å². The van der Waals surface area contributed by atoms with Gasteiger partial charge < -0.3 is 29.4 Å². The van der Waals surface area contributed by atoms with Crippen molar-refractivity contribution in [1.82, 2.24) is 0 Å². The number of carboxylic acid groups (broad SMARTS) is 1. The zero-order valence-corrected chi connectivity index (χ0v) is 17.6. The molecular formula is C22H24F3NO7. The fourth-order valence-electron chi connectivity index (χ4n) is 2.57. The van der Waals surface area contributed by atoms with E-state index in [9.17, 15) is 22.8 Å². The Morgan fingerprint density at radius 2 is 1.48 bits per heavy atom. The maximum Gasteiger partial charge on any atom is 0.416 e. The summed E-state index contributed by atoms with van der Waals surface area (Å²) in [4.78, 5) is 22.6. The van der Waals surface area contributed by atoms with Crippen LogP contribution in [0.4, 0.5) is 24.5 Å². The minimum Gasteiger partial charge on any atom is -0.480 e. The van der Waals surface area contributed by atoms with Crippen LogP contribution in [0.15, 0.2) is 48.5 Å². The van der Waals surface area contributed by atoms with Gasteiger partial charge in [0, 0.05) is 5.69 Å². The number of hydrogen-bond donors (Lipinski definition) is 2. The molecule has 11 heteroatoms. The van der Waals surface area contributed by atoms with Gasteiger partial charge in [0.25, 0.3) is 0 Å². The number of benzene rings is 2. The van der Waals surface area contributed by atoms with E-state index in [4.69, 9.17) is 24.1 Å². The number of rotatable bonds is 14. The number of esters is 1. The van der Waals surface area contributed by atoms with Gasteiger partial charge in [0.2, 0.25) is 0 Å². The number of carbonyl (C=O) groups is 2. The highest BCUT2D eigenvalue weighted by Gasteiger charge is 2.30. The molecule has 2 aromatic carbocycles. The number of carboxylic acids is 1. The van der Waals surface area contributed by atoms with Gasteiger partial charge in [-0.25, -0.2) is 9.59 Å². The van der Waals surface area contributed by atoms with E-state index in [1.807, 2.05) is 0 Å². The molecule has 0 radical (unpaired) electrons. The Labute approximate surface area is 188 Å². The first-order valence-corrected chi connectivity index (χ1v) is 9.93. The van der Waals surface area contributed by atoms with Crippen molar-refractivity contribution in [3.05, 3.63) is 59.7 Å². The number of anilines is 2. The zero-order valence-electron chi connectivity index (χ0n) is 17.6. The van der Waals surface area contributed by atoms with E-state index in [2.05, 4.69) is 5.32 Å². The van der Waals surface area contributed by atoms with E-state index in [-0.39, 0.29) is 57.5 Å². The Bertz CT molecular complexity index is 906. The number of nitrogens with one attached hydrogen (secondary N) is 1. The summed E-state index contributed by atoms with van der Waals surface area (Å²) in [6.45, 7) is 0.577. The Hall–Kier alpha value is -3.15. The Morgan fingerprint density at radius 3 is 2.15 bits per heavy atom. The van der Waals surface area contributed by atoms with Crippen LogP contribution in [0.1, 0.15) is 15.9 Å². The Morgan fingerprint density at radius 1 is 0.848 bits per heavy atom. The molecule has 0 aliphatic rings. The minimum atomic E-state index is -4.48. The standard InChI is InChI=1S/C22H24F3NO7/c23-22(24,25)16-4-3-5-17(14-16)26-19-7-2-1-6-18(19)21(29)33-13-12-31-9-8-30-10-11-32-15-20(27)28/h1-7,14,26H,8-13,15H2,(H,27,28). The third-order valence-electron chi connectivity index (χ3n) is 4.05. The van der Waals surface area contributed by atoms with Crippen molar-refractivity contribution in [3.8, 4) is 0 Å². The predicted octanol–water partition coefficient (Wildman–Crippen LogP) is 3.74. The van der Waals surface area contributed by atoms with Gasteiger partial charge in [-0.05, 0) is 30.3 Å². The van der Waals surface area contributed by atoms with Crippen molar-refractivity contribution in [1.29, 1.82) is 0 Å². The largest absolute Gasteiger partial charge is 0.480 e. The quantitative estimate of drug-likeness (QED) is 0.317. The number of ether oxygens (including phenoxy) is 4. The number of carbonyl (C=O) groups excluding carboxylic acids is 1. The van der Waals surface area contributed by atoms with Gasteiger partial charge >= 0.3 is 18.1 Å². The normalized spacial score (nSPS) is 11.2. The summed E-state index contributed by atoms with van der Waals surface area (Å²) in [6.07, 6.45) is -4.48. The summed E-state index contributed by atoms with van der Waals surface area (Å²) < 4.78 is 59.2. The van der Waals surface area contributed by atoms with E-state index >= 15 is 0 Å². The number of alkyl halides is 3. The van der Waals surface area contributed by atoms with Crippen LogP contribution in [0.25, 0.3) is 0 Å². The van der Waals surface area contributed by atoms with Crippen LogP contribution in [0.2, 0.25) is 0 Å². The average molecular weight is 471 g/mol. The number of halogens is 3. The molecule has 0 heterocycles. The maximum atomic E-state index is 12.9. The van der Waals surface area contributed by atoms with Crippen molar-refractivity contribution in [2.75, 3.05) is 51.6 Å². The second-order valence-electron chi connectivity index (χ2n) is 6.56. The molecule has 2 aromatic rings. The lowest BCUT2D eigenvalue weighted by atomic mass is 10.1. The van der Waals surface area contributed by atoms with E-state index in [0.29, 0.717) is 5.69 Å². The highest BCUT2D eigenvalue weighted by atomic mass is 19.4. The summed E-state index contributed by atoms with van der Waals surface area (Å²) in [5.74, 6) is -1.71. The molecule has 2 N–H and O–H groups in total. The highest BCUT2D eigenvalue weighted by Crippen LogP contribution is 2.31. The van der Waals surface area contributed by atoms with Gasteiger partial charge in [0.1, 0.15) is 13.2 Å². The maximum absolute atomic E-state index is 12.9. The van der Waals surface area contributed by atoms with Gasteiger partial charge in [0.15, 0.2) is 0 Å². The predicted molar refractivity (Wildman–Crippen MR) is 112 cm³/mol. The molecule has 0 aromatic heterocycles. The molecule has 0 aliphatic carbocycles. The molecule has 0 aliphatic heterocycles. The van der Waals surface area contributed by atoms with Gasteiger partial charge in [0.05, 0.1) is 49.8 Å². The molecule has 0 saturated carbocycles. The van der Waals surface area contributed by atoms with Crippen LogP contribution in [0, 0.1) is 0 Å². The van der Waals surface area contributed by atoms with Crippen LogP contribution in [0.3, 0.4) is 0 Å². The summed E-state index contributed by atoms with van der Waals surface area (Å²) in [6, 6.07) is 11.0. The van der Waals surface area contributed by atoms with E-state index < -0.39 is 23.7 Å². The highest BCUT2D eigenvalue weighted by molar-refractivity contribution is 5.96. The van der Waals surface area contributed by atoms with Crippen molar-refractivity contribution in [3.63, 3.8) is 0 Å². The Balaban J connectivity index is 1.73. The van der Waals surface area contributed by atoms with Crippen LogP contribution < -0.4 is 5.32 Å². The first kappa shape index (κ1) is 26.1. The first-order valence-electron chi connectivity index (χ1n) is 9.93. The third kappa shape index (κ3) is 9.89. The smallest absolute Gasteiger partial charge is 0.416 e. The molecule has 0 fully saturated rings. The van der Waals surface area contributed by atoms with Crippen LogP contribution in [-0.2, 0) is 29.9 Å². The molecule has 0 saturated heterocycles. The van der Waals surface area contributed by atoms with Crippen molar-refractivity contribution >= 4 is 23.3 Å². The lowest BCUT2D eigenvalue weighted by Crippen LogP contribution is -2.15. The third-order valence-corrected chi connectivity index (χ3v) is 4.05.